The molecule has 50 heavy (non-hydrogen) atoms. The van der Waals surface area contributed by atoms with Crippen LogP contribution < -0.4 is 0 Å². The highest BCUT2D eigenvalue weighted by molar-refractivity contribution is 5.73. The van der Waals surface area contributed by atoms with E-state index in [1.54, 1.807) is 56.1 Å². The number of ether oxygens (including phenoxy) is 2. The molecule has 2 amide bonds. The summed E-state index contributed by atoms with van der Waals surface area (Å²) in [6, 6.07) is 13.7. The van der Waals surface area contributed by atoms with Crippen molar-refractivity contribution in [2.45, 2.75) is 96.7 Å². The first-order valence-electron chi connectivity index (χ1n) is 16.9. The topological polar surface area (TPSA) is 116 Å². The number of aromatic nitrogens is 4. The molecular formula is C37H43F3N6O4. The zero-order valence-corrected chi connectivity index (χ0v) is 29.1. The number of hydrogen-bond donors (Lipinski definition) is 2. The second-order valence-electron chi connectivity index (χ2n) is 14.8. The minimum Gasteiger partial charge on any atom is -0.444 e. The van der Waals surface area contributed by atoms with Crippen LogP contribution in [0.3, 0.4) is 0 Å². The predicted octanol–water partition coefficient (Wildman–Crippen LogP) is 9.30. The number of amides is 2. The summed E-state index contributed by atoms with van der Waals surface area (Å²) in [6.45, 7) is 11.8. The number of imidazole rings is 2. The Hall–Kier alpha value is -4.81. The molecule has 2 fully saturated rings. The lowest BCUT2D eigenvalue weighted by atomic mass is 10.0. The zero-order chi connectivity index (χ0) is 36.0. The number of likely N-dealkylation sites (tertiary alicyclic amines) is 2. The lowest BCUT2D eigenvalue weighted by molar-refractivity contribution is -0.140. The fraction of sp³-hybridized carbons (Fsp3) is 0.459. The van der Waals surface area contributed by atoms with Gasteiger partial charge in [-0.25, -0.2) is 19.6 Å². The Labute approximate surface area is 289 Å². The van der Waals surface area contributed by atoms with Gasteiger partial charge in [0, 0.05) is 18.7 Å². The minimum absolute atomic E-state index is 0.0859. The van der Waals surface area contributed by atoms with E-state index < -0.39 is 35.2 Å². The third kappa shape index (κ3) is 7.66. The van der Waals surface area contributed by atoms with Gasteiger partial charge in [-0.2, -0.15) is 13.2 Å². The van der Waals surface area contributed by atoms with Gasteiger partial charge in [0.2, 0.25) is 0 Å². The molecule has 2 saturated heterocycles. The molecule has 2 aliphatic rings. The summed E-state index contributed by atoms with van der Waals surface area (Å²) in [6.07, 6.45) is -1.10. The number of carbonyl (C=O) groups excluding carboxylic acids is 2. The van der Waals surface area contributed by atoms with Gasteiger partial charge in [-0.3, -0.25) is 9.80 Å². The molecule has 1 unspecified atom stereocenters. The van der Waals surface area contributed by atoms with Crippen molar-refractivity contribution in [3.8, 4) is 33.6 Å². The van der Waals surface area contributed by atoms with Crippen LogP contribution in [0.25, 0.3) is 33.6 Å². The van der Waals surface area contributed by atoms with E-state index in [-0.39, 0.29) is 23.7 Å². The largest absolute Gasteiger partial charge is 0.444 e. The average molecular weight is 693 g/mol. The van der Waals surface area contributed by atoms with Crippen molar-refractivity contribution in [3.63, 3.8) is 0 Å². The highest BCUT2D eigenvalue weighted by Gasteiger charge is 2.41. The van der Waals surface area contributed by atoms with Gasteiger partial charge < -0.3 is 19.4 Å². The molecule has 2 N–H and O–H groups in total. The molecule has 2 atom stereocenters. The van der Waals surface area contributed by atoms with E-state index in [1.165, 1.54) is 4.90 Å². The van der Waals surface area contributed by atoms with Crippen LogP contribution in [-0.2, 0) is 15.7 Å². The molecule has 2 aromatic heterocycles. The number of aromatic amines is 2. The monoisotopic (exact) mass is 692 g/mol. The lowest BCUT2D eigenvalue weighted by Crippen LogP contribution is -2.36. The van der Waals surface area contributed by atoms with Crippen LogP contribution in [-0.4, -0.2) is 66.2 Å². The summed E-state index contributed by atoms with van der Waals surface area (Å²) in [5, 5.41) is 0. The number of carbonyl (C=O) groups is 2. The van der Waals surface area contributed by atoms with Gasteiger partial charge in [-0.15, -0.1) is 0 Å². The van der Waals surface area contributed by atoms with Crippen molar-refractivity contribution in [3.05, 3.63) is 72.1 Å². The summed E-state index contributed by atoms with van der Waals surface area (Å²) in [5.41, 5.74) is 1.22. The third-order valence-corrected chi connectivity index (χ3v) is 8.68. The third-order valence-electron chi connectivity index (χ3n) is 8.68. The number of nitrogens with one attached hydrogen (secondary N) is 2. The van der Waals surface area contributed by atoms with E-state index in [0.717, 1.165) is 35.2 Å². The Morgan fingerprint density at radius 1 is 0.700 bits per heavy atom. The van der Waals surface area contributed by atoms with E-state index in [0.29, 0.717) is 37.3 Å². The fourth-order valence-corrected chi connectivity index (χ4v) is 6.46. The molecule has 4 heterocycles. The van der Waals surface area contributed by atoms with E-state index in [4.69, 9.17) is 9.47 Å². The van der Waals surface area contributed by atoms with Gasteiger partial charge in [0.05, 0.1) is 24.0 Å². The predicted molar refractivity (Wildman–Crippen MR) is 182 cm³/mol. The van der Waals surface area contributed by atoms with Gasteiger partial charge >= 0.3 is 18.4 Å². The number of nitrogens with zero attached hydrogens (tertiary/aromatic N) is 4. The summed E-state index contributed by atoms with van der Waals surface area (Å²) in [4.78, 5) is 43.6. The van der Waals surface area contributed by atoms with Gasteiger partial charge in [0.15, 0.2) is 0 Å². The van der Waals surface area contributed by atoms with Crippen molar-refractivity contribution >= 4 is 12.2 Å². The van der Waals surface area contributed by atoms with Crippen LogP contribution >= 0.6 is 0 Å². The fourth-order valence-electron chi connectivity index (χ4n) is 6.46. The lowest BCUT2D eigenvalue weighted by Gasteiger charge is -2.27. The molecule has 10 nitrogen and oxygen atoms in total. The highest BCUT2D eigenvalue weighted by atomic mass is 19.4. The van der Waals surface area contributed by atoms with E-state index in [9.17, 15) is 22.8 Å². The number of halogens is 3. The summed E-state index contributed by atoms with van der Waals surface area (Å²) < 4.78 is 53.8. The number of H-pyrrole nitrogens is 2. The van der Waals surface area contributed by atoms with Crippen LogP contribution in [0.5, 0.6) is 0 Å². The molecule has 2 aliphatic heterocycles. The molecule has 0 aliphatic carbocycles. The molecule has 0 saturated carbocycles. The molecule has 0 spiro atoms. The Bertz CT molecular complexity index is 1830. The molecule has 13 heteroatoms. The molecule has 2 aromatic carbocycles. The Kier molecular flexibility index (Phi) is 9.21. The normalized spacial score (nSPS) is 18.5. The quantitative estimate of drug-likeness (QED) is 0.215. The smallest absolute Gasteiger partial charge is 0.433 e. The summed E-state index contributed by atoms with van der Waals surface area (Å²) >= 11 is 0. The molecule has 6 rings (SSSR count). The second-order valence-corrected chi connectivity index (χ2v) is 14.8. The Morgan fingerprint density at radius 3 is 1.64 bits per heavy atom. The van der Waals surface area contributed by atoms with Crippen molar-refractivity contribution in [1.82, 2.24) is 29.7 Å². The minimum atomic E-state index is -4.68. The summed E-state index contributed by atoms with van der Waals surface area (Å²) in [7, 11) is 0. The zero-order valence-electron chi connectivity index (χ0n) is 29.1. The first-order valence-corrected chi connectivity index (χ1v) is 16.9. The summed E-state index contributed by atoms with van der Waals surface area (Å²) in [5.74, 6) is 0.788. The van der Waals surface area contributed by atoms with Crippen molar-refractivity contribution < 1.29 is 32.2 Å². The maximum atomic E-state index is 14.2. The van der Waals surface area contributed by atoms with Crippen molar-refractivity contribution in [2.75, 3.05) is 13.1 Å². The Balaban J connectivity index is 1.18. The highest BCUT2D eigenvalue weighted by Crippen LogP contribution is 2.40. The standard InChI is InChI=1S/C37H43F3N6O4/c1-35(2,3)49-33(47)45-19-7-9-27(45)31-41-21-26(42-31)24-15-11-22(12-16-24)23-13-17-25(18-14-23)29-30(37(38,39)40)44-32(43-29)28-10-8-20-46(28)34(48)50-36(4,5)6/h11-18,21,27-28H,7-10,19-20H2,1-6H3,(H,41,42)(H,43,44)/t27-,28?/m0/s1. The van der Waals surface area contributed by atoms with Crippen LogP contribution in [0.15, 0.2) is 54.7 Å². The van der Waals surface area contributed by atoms with Crippen molar-refractivity contribution in [2.24, 2.45) is 0 Å². The molecule has 4 aromatic rings. The van der Waals surface area contributed by atoms with Crippen LogP contribution in [0.2, 0.25) is 0 Å². The maximum absolute atomic E-state index is 14.2. The van der Waals surface area contributed by atoms with Gasteiger partial charge in [-0.05, 0) is 83.9 Å². The molecule has 0 radical (unpaired) electrons. The van der Waals surface area contributed by atoms with E-state index >= 15 is 0 Å². The van der Waals surface area contributed by atoms with Crippen LogP contribution in [0.1, 0.15) is 96.7 Å². The molecule has 0 bridgehead atoms. The van der Waals surface area contributed by atoms with Crippen LogP contribution in [0, 0.1) is 0 Å². The number of hydrogen-bond acceptors (Lipinski definition) is 6. The number of alkyl halides is 3. The van der Waals surface area contributed by atoms with Crippen molar-refractivity contribution in [1.29, 1.82) is 0 Å². The second kappa shape index (κ2) is 13.1. The van der Waals surface area contributed by atoms with Gasteiger partial charge in [0.1, 0.15) is 34.2 Å². The first kappa shape index (κ1) is 35.0. The van der Waals surface area contributed by atoms with E-state index in [1.807, 2.05) is 45.0 Å². The first-order chi connectivity index (χ1) is 23.5. The average Bonchev–Trinajstić information content (AvgIpc) is 3.85. The molecular weight excluding hydrogens is 649 g/mol. The SMILES string of the molecule is CC(C)(C)OC(=O)N1CCCC1c1nc(-c2ccc(-c3ccc(-c4cnc([C@@H]5CCCN5C(=O)OC(C)(C)C)[nH]4)cc3)cc2)c(C(F)(F)F)[nH]1. The van der Waals surface area contributed by atoms with Gasteiger partial charge in [-0.1, -0.05) is 48.5 Å². The molecule has 266 valence electrons. The van der Waals surface area contributed by atoms with Gasteiger partial charge in [0.25, 0.3) is 0 Å². The van der Waals surface area contributed by atoms with E-state index in [2.05, 4.69) is 19.9 Å². The maximum Gasteiger partial charge on any atom is 0.433 e. The number of benzene rings is 2. The van der Waals surface area contributed by atoms with Crippen LogP contribution in [0.4, 0.5) is 22.8 Å². The Morgan fingerprint density at radius 2 is 1.16 bits per heavy atom. The number of rotatable bonds is 5.